The van der Waals surface area contributed by atoms with Crippen LogP contribution in [-0.4, -0.2) is 50.3 Å². The minimum Gasteiger partial charge on any atom is -0.381 e. The van der Waals surface area contributed by atoms with E-state index in [9.17, 15) is 0 Å². The molecule has 1 unspecified atom stereocenters. The number of hydrogen-bond acceptors (Lipinski definition) is 3. The first-order valence-corrected chi connectivity index (χ1v) is 8.41. The van der Waals surface area contributed by atoms with Crippen LogP contribution in [-0.2, 0) is 4.74 Å². The highest BCUT2D eigenvalue weighted by Crippen LogP contribution is 2.25. The summed E-state index contributed by atoms with van der Waals surface area (Å²) in [6.45, 7) is 7.95. The number of nitrogens with zero attached hydrogens (tertiary/aromatic N) is 1. The Morgan fingerprint density at radius 2 is 2.20 bits per heavy atom. The molecule has 1 aliphatic heterocycles. The lowest BCUT2D eigenvalue weighted by atomic mass is 10.2. The lowest BCUT2D eigenvalue weighted by molar-refractivity contribution is 0.108. The van der Waals surface area contributed by atoms with Crippen molar-refractivity contribution in [3.05, 3.63) is 0 Å². The van der Waals surface area contributed by atoms with Crippen molar-refractivity contribution in [1.29, 1.82) is 0 Å². The number of hydrogen-bond donors (Lipinski definition) is 2. The van der Waals surface area contributed by atoms with E-state index in [0.29, 0.717) is 5.92 Å². The maximum atomic E-state index is 5.55. The summed E-state index contributed by atoms with van der Waals surface area (Å²) in [5, 5.41) is 7.49. The Kier molecular flexibility index (Phi) is 13.2. The predicted octanol–water partition coefficient (Wildman–Crippen LogP) is 2.73. The van der Waals surface area contributed by atoms with Crippen LogP contribution in [0.3, 0.4) is 0 Å². The summed E-state index contributed by atoms with van der Waals surface area (Å²) >= 11 is 2.07. The fourth-order valence-electron chi connectivity index (χ4n) is 1.94. The average Bonchev–Trinajstić information content (AvgIpc) is 2.90. The number of halogens is 1. The third-order valence-corrected chi connectivity index (χ3v) is 4.35. The topological polar surface area (TPSA) is 45.7 Å². The highest BCUT2D eigenvalue weighted by atomic mass is 127. The normalized spacial score (nSPS) is 19.0. The van der Waals surface area contributed by atoms with Gasteiger partial charge in [0.15, 0.2) is 5.96 Å². The molecule has 120 valence electrons. The van der Waals surface area contributed by atoms with E-state index in [0.717, 1.165) is 43.9 Å². The number of thioether (sulfide) groups is 1. The number of nitrogens with one attached hydrogen (secondary N) is 2. The van der Waals surface area contributed by atoms with E-state index in [1.165, 1.54) is 18.6 Å². The van der Waals surface area contributed by atoms with E-state index in [4.69, 9.17) is 4.74 Å². The summed E-state index contributed by atoms with van der Waals surface area (Å²) in [6.07, 6.45) is 3.71. The number of aliphatic imine (C=N–C) groups is 1. The second kappa shape index (κ2) is 13.0. The van der Waals surface area contributed by atoms with Gasteiger partial charge in [-0.1, -0.05) is 13.8 Å². The van der Waals surface area contributed by atoms with Gasteiger partial charge in [0.1, 0.15) is 0 Å². The van der Waals surface area contributed by atoms with Crippen molar-refractivity contribution in [2.24, 2.45) is 10.9 Å². The van der Waals surface area contributed by atoms with Crippen molar-refractivity contribution in [3.8, 4) is 0 Å². The Bertz CT molecular complexity index is 259. The lowest BCUT2D eigenvalue weighted by Crippen LogP contribution is -2.40. The van der Waals surface area contributed by atoms with Gasteiger partial charge in [0.25, 0.3) is 0 Å². The summed E-state index contributed by atoms with van der Waals surface area (Å²) < 4.78 is 5.55. The zero-order valence-corrected chi connectivity index (χ0v) is 16.1. The quantitative estimate of drug-likeness (QED) is 0.277. The lowest BCUT2D eigenvalue weighted by Gasteiger charge is -2.14. The summed E-state index contributed by atoms with van der Waals surface area (Å²) in [7, 11) is 1.83. The predicted molar refractivity (Wildman–Crippen MR) is 101 cm³/mol. The summed E-state index contributed by atoms with van der Waals surface area (Å²) in [5.74, 6) is 2.84. The fourth-order valence-corrected chi connectivity index (χ4v) is 3.14. The maximum Gasteiger partial charge on any atom is 0.191 e. The molecule has 6 heteroatoms. The van der Waals surface area contributed by atoms with E-state index >= 15 is 0 Å². The van der Waals surface area contributed by atoms with Gasteiger partial charge in [-0.3, -0.25) is 4.99 Å². The van der Waals surface area contributed by atoms with Gasteiger partial charge in [-0.05, 0) is 30.9 Å². The van der Waals surface area contributed by atoms with Crippen molar-refractivity contribution in [2.45, 2.75) is 38.4 Å². The van der Waals surface area contributed by atoms with Gasteiger partial charge in [0.2, 0.25) is 0 Å². The molecule has 0 spiro atoms. The first kappa shape index (κ1) is 20.3. The number of rotatable bonds is 8. The molecule has 1 rings (SSSR count). The van der Waals surface area contributed by atoms with Crippen LogP contribution in [0.1, 0.15) is 33.1 Å². The van der Waals surface area contributed by atoms with Gasteiger partial charge in [-0.2, -0.15) is 11.8 Å². The van der Waals surface area contributed by atoms with Crippen LogP contribution in [0.5, 0.6) is 0 Å². The van der Waals surface area contributed by atoms with Crippen LogP contribution < -0.4 is 10.6 Å². The first-order chi connectivity index (χ1) is 9.22. The highest BCUT2D eigenvalue weighted by Gasteiger charge is 2.15. The van der Waals surface area contributed by atoms with E-state index in [1.54, 1.807) is 0 Å². The molecular formula is C14H30IN3OS. The molecular weight excluding hydrogens is 385 g/mol. The molecule has 4 nitrogen and oxygen atoms in total. The minimum absolute atomic E-state index is 0. The summed E-state index contributed by atoms with van der Waals surface area (Å²) in [4.78, 5) is 4.24. The molecule has 1 atom stereocenters. The fraction of sp³-hybridized carbons (Fsp3) is 0.929. The largest absolute Gasteiger partial charge is 0.381 e. The van der Waals surface area contributed by atoms with Crippen molar-refractivity contribution in [2.75, 3.05) is 39.1 Å². The molecule has 0 amide bonds. The van der Waals surface area contributed by atoms with Crippen molar-refractivity contribution in [3.63, 3.8) is 0 Å². The van der Waals surface area contributed by atoms with E-state index in [2.05, 4.69) is 41.2 Å². The zero-order chi connectivity index (χ0) is 13.9. The van der Waals surface area contributed by atoms with Crippen molar-refractivity contribution >= 4 is 41.7 Å². The van der Waals surface area contributed by atoms with Crippen LogP contribution in [0.4, 0.5) is 0 Å². The molecule has 0 bridgehead atoms. The van der Waals surface area contributed by atoms with E-state index in [-0.39, 0.29) is 24.0 Å². The third-order valence-electron chi connectivity index (χ3n) is 2.95. The van der Waals surface area contributed by atoms with Crippen molar-refractivity contribution in [1.82, 2.24) is 10.6 Å². The van der Waals surface area contributed by atoms with Crippen LogP contribution >= 0.6 is 35.7 Å². The summed E-state index contributed by atoms with van der Waals surface area (Å²) in [6, 6.07) is 0. The molecule has 20 heavy (non-hydrogen) atoms. The van der Waals surface area contributed by atoms with Gasteiger partial charge < -0.3 is 15.4 Å². The smallest absolute Gasteiger partial charge is 0.191 e. The molecule has 1 heterocycles. The maximum absolute atomic E-state index is 5.55. The van der Waals surface area contributed by atoms with E-state index < -0.39 is 0 Å². The minimum atomic E-state index is 0. The number of guanidine groups is 1. The molecule has 0 aromatic heterocycles. The van der Waals surface area contributed by atoms with Crippen molar-refractivity contribution < 1.29 is 4.74 Å². The van der Waals surface area contributed by atoms with Crippen LogP contribution in [0.2, 0.25) is 0 Å². The molecule has 0 aliphatic carbocycles. The molecule has 1 fully saturated rings. The van der Waals surface area contributed by atoms with Gasteiger partial charge in [0, 0.05) is 38.6 Å². The molecule has 1 aliphatic rings. The molecule has 0 saturated carbocycles. The van der Waals surface area contributed by atoms with Gasteiger partial charge in [0.05, 0.1) is 0 Å². The standard InChI is InChI=1S/C14H29N3OS.HI/c1-12(2)11-18-8-5-7-16-14(15-3)17-10-13-6-4-9-19-13;/h12-13H,4-11H2,1-3H3,(H2,15,16,17);1H. The summed E-state index contributed by atoms with van der Waals surface area (Å²) in [5.41, 5.74) is 0. The Labute approximate surface area is 145 Å². The van der Waals surface area contributed by atoms with Crippen LogP contribution in [0.15, 0.2) is 4.99 Å². The SMILES string of the molecule is CN=C(NCCCOCC(C)C)NCC1CCCS1.I. The Balaban J connectivity index is 0.00000361. The monoisotopic (exact) mass is 415 g/mol. The Morgan fingerprint density at radius 1 is 1.40 bits per heavy atom. The third kappa shape index (κ3) is 10.1. The average molecular weight is 415 g/mol. The second-order valence-corrected chi connectivity index (χ2v) is 6.75. The van der Waals surface area contributed by atoms with Gasteiger partial charge in [-0.25, -0.2) is 0 Å². The van der Waals surface area contributed by atoms with E-state index in [1.807, 2.05) is 7.05 Å². The molecule has 0 aromatic rings. The van der Waals surface area contributed by atoms with Crippen LogP contribution in [0, 0.1) is 5.92 Å². The second-order valence-electron chi connectivity index (χ2n) is 5.34. The van der Waals surface area contributed by atoms with Gasteiger partial charge in [-0.15, -0.1) is 24.0 Å². The highest BCUT2D eigenvalue weighted by molar-refractivity contribution is 14.0. The number of ether oxygens (including phenoxy) is 1. The zero-order valence-electron chi connectivity index (χ0n) is 13.0. The molecule has 1 saturated heterocycles. The molecule has 0 aromatic carbocycles. The Morgan fingerprint density at radius 3 is 2.80 bits per heavy atom. The Hall–Kier alpha value is 0.310. The van der Waals surface area contributed by atoms with Gasteiger partial charge >= 0.3 is 0 Å². The first-order valence-electron chi connectivity index (χ1n) is 7.36. The molecule has 0 radical (unpaired) electrons. The molecule has 2 N–H and O–H groups in total. The van der Waals surface area contributed by atoms with Crippen LogP contribution in [0.25, 0.3) is 0 Å².